The van der Waals surface area contributed by atoms with Crippen molar-refractivity contribution in [2.24, 2.45) is 0 Å². The predicted octanol–water partition coefficient (Wildman–Crippen LogP) is 3.78. The Morgan fingerprint density at radius 1 is 1.29 bits per heavy atom. The second kappa shape index (κ2) is 5.20. The summed E-state index contributed by atoms with van der Waals surface area (Å²) < 4.78 is 13.3. The average Bonchev–Trinajstić information content (AvgIpc) is 2.14. The van der Waals surface area contributed by atoms with Gasteiger partial charge in [0.25, 0.3) is 0 Å². The van der Waals surface area contributed by atoms with E-state index in [-0.39, 0.29) is 5.82 Å². The van der Waals surface area contributed by atoms with Crippen LogP contribution in [0.4, 0.5) is 4.39 Å². The molecule has 0 aromatic heterocycles. The third-order valence-electron chi connectivity index (χ3n) is 2.06. The van der Waals surface area contributed by atoms with Gasteiger partial charge in [0.1, 0.15) is 5.82 Å². The number of hydrogen-bond donors (Lipinski definition) is 1. The van der Waals surface area contributed by atoms with Crippen LogP contribution in [-0.4, -0.2) is 5.75 Å². The first-order chi connectivity index (χ1) is 6.65. The van der Waals surface area contributed by atoms with Gasteiger partial charge in [-0.1, -0.05) is 12.2 Å². The summed E-state index contributed by atoms with van der Waals surface area (Å²) in [6.07, 6.45) is 5.01. The van der Waals surface area contributed by atoms with Crippen molar-refractivity contribution in [3.05, 3.63) is 40.7 Å². The van der Waals surface area contributed by atoms with Crippen molar-refractivity contribution in [1.82, 2.24) is 0 Å². The Bertz CT molecular complexity index is 319. The Morgan fingerprint density at radius 2 is 1.86 bits per heavy atom. The first-order valence-corrected chi connectivity index (χ1v) is 5.32. The van der Waals surface area contributed by atoms with E-state index in [0.29, 0.717) is 11.1 Å². The van der Waals surface area contributed by atoms with Gasteiger partial charge in [-0.25, -0.2) is 4.39 Å². The summed E-state index contributed by atoms with van der Waals surface area (Å²) >= 11 is 4.11. The van der Waals surface area contributed by atoms with E-state index in [2.05, 4.69) is 18.7 Å². The van der Waals surface area contributed by atoms with Crippen LogP contribution >= 0.6 is 12.6 Å². The lowest BCUT2D eigenvalue weighted by molar-refractivity contribution is 0.609. The van der Waals surface area contributed by atoms with Crippen LogP contribution in [0.15, 0.2) is 18.2 Å². The van der Waals surface area contributed by atoms with Crippen LogP contribution in [0.2, 0.25) is 0 Å². The van der Waals surface area contributed by atoms with Crippen molar-refractivity contribution >= 4 is 18.7 Å². The van der Waals surface area contributed by atoms with Crippen molar-refractivity contribution < 1.29 is 4.39 Å². The van der Waals surface area contributed by atoms with Crippen LogP contribution in [0.3, 0.4) is 0 Å². The molecule has 76 valence electrons. The number of allylic oxidation sites excluding steroid dienone is 1. The molecule has 0 heterocycles. The maximum Gasteiger partial charge on any atom is 0.129 e. The monoisotopic (exact) mass is 210 g/mol. The molecule has 1 aromatic rings. The molecule has 14 heavy (non-hydrogen) atoms. The highest BCUT2D eigenvalue weighted by molar-refractivity contribution is 7.80. The molecule has 0 aliphatic rings. The first-order valence-electron chi connectivity index (χ1n) is 4.69. The molecular weight excluding hydrogens is 195 g/mol. The molecule has 2 heteroatoms. The second-order valence-electron chi connectivity index (χ2n) is 3.38. The van der Waals surface area contributed by atoms with E-state index in [1.54, 1.807) is 13.8 Å². The number of hydrogen-bond acceptors (Lipinski definition) is 1. The lowest BCUT2D eigenvalue weighted by atomic mass is 10.1. The molecule has 0 amide bonds. The van der Waals surface area contributed by atoms with Crippen LogP contribution in [-0.2, 0) is 0 Å². The van der Waals surface area contributed by atoms with Gasteiger partial charge in [0, 0.05) is 0 Å². The summed E-state index contributed by atoms with van der Waals surface area (Å²) in [5.41, 5.74) is 2.47. The van der Waals surface area contributed by atoms with E-state index in [0.717, 1.165) is 17.7 Å². The minimum Gasteiger partial charge on any atom is -0.206 e. The van der Waals surface area contributed by atoms with E-state index in [9.17, 15) is 4.39 Å². The standard InChI is InChI=1S/C12H15FS/c1-9-7-11(5-3-4-6-14)8-10(2)12(9)13/h3,5,7-8,14H,4,6H2,1-2H3. The molecule has 0 aliphatic carbocycles. The third-order valence-corrected chi connectivity index (χ3v) is 2.32. The smallest absolute Gasteiger partial charge is 0.129 e. The number of thiol groups is 1. The highest BCUT2D eigenvalue weighted by atomic mass is 32.1. The molecule has 0 nitrogen and oxygen atoms in total. The van der Waals surface area contributed by atoms with Crippen LogP contribution in [0, 0.1) is 19.7 Å². The van der Waals surface area contributed by atoms with Crippen molar-refractivity contribution in [1.29, 1.82) is 0 Å². The van der Waals surface area contributed by atoms with Crippen LogP contribution in [0.25, 0.3) is 6.08 Å². The molecule has 0 saturated heterocycles. The highest BCUT2D eigenvalue weighted by Gasteiger charge is 2.01. The van der Waals surface area contributed by atoms with Gasteiger partial charge in [0.2, 0.25) is 0 Å². The Labute approximate surface area is 90.3 Å². The van der Waals surface area contributed by atoms with E-state index in [4.69, 9.17) is 0 Å². The van der Waals surface area contributed by atoms with Gasteiger partial charge < -0.3 is 0 Å². The molecule has 1 aromatic carbocycles. The summed E-state index contributed by atoms with van der Waals surface area (Å²) in [7, 11) is 0. The van der Waals surface area contributed by atoms with E-state index >= 15 is 0 Å². The molecule has 0 spiro atoms. The summed E-state index contributed by atoms with van der Waals surface area (Å²) in [5.74, 6) is 0.742. The number of aryl methyl sites for hydroxylation is 2. The lowest BCUT2D eigenvalue weighted by Crippen LogP contribution is -1.88. The Morgan fingerprint density at radius 3 is 2.36 bits per heavy atom. The van der Waals surface area contributed by atoms with E-state index in [1.807, 2.05) is 18.2 Å². The van der Waals surface area contributed by atoms with Gasteiger partial charge in [0.15, 0.2) is 0 Å². The summed E-state index contributed by atoms with van der Waals surface area (Å²) in [5, 5.41) is 0. The first kappa shape index (κ1) is 11.3. The minimum atomic E-state index is -0.101. The second-order valence-corrected chi connectivity index (χ2v) is 3.83. The van der Waals surface area contributed by atoms with Crippen LogP contribution < -0.4 is 0 Å². The van der Waals surface area contributed by atoms with Gasteiger partial charge in [-0.2, -0.15) is 12.6 Å². The Kier molecular flexibility index (Phi) is 4.21. The van der Waals surface area contributed by atoms with Crippen LogP contribution in [0.5, 0.6) is 0 Å². The van der Waals surface area contributed by atoms with E-state index < -0.39 is 0 Å². The molecule has 0 saturated carbocycles. The Balaban J connectivity index is 2.89. The third kappa shape index (κ3) is 2.88. The maximum absolute atomic E-state index is 13.3. The molecule has 0 fully saturated rings. The van der Waals surface area contributed by atoms with Crippen molar-refractivity contribution in [3.8, 4) is 0 Å². The fourth-order valence-corrected chi connectivity index (χ4v) is 1.52. The lowest BCUT2D eigenvalue weighted by Gasteiger charge is -2.02. The SMILES string of the molecule is Cc1cc(C=CCCS)cc(C)c1F. The predicted molar refractivity (Wildman–Crippen MR) is 63.4 cm³/mol. The number of benzene rings is 1. The van der Waals surface area contributed by atoms with Crippen molar-refractivity contribution in [3.63, 3.8) is 0 Å². The van der Waals surface area contributed by atoms with Gasteiger partial charge in [0.05, 0.1) is 0 Å². The maximum atomic E-state index is 13.3. The highest BCUT2D eigenvalue weighted by Crippen LogP contribution is 2.15. The number of halogens is 1. The molecule has 0 bridgehead atoms. The van der Waals surface area contributed by atoms with Crippen molar-refractivity contribution in [2.45, 2.75) is 20.3 Å². The number of rotatable bonds is 3. The zero-order chi connectivity index (χ0) is 10.6. The fourth-order valence-electron chi connectivity index (χ4n) is 1.37. The zero-order valence-corrected chi connectivity index (χ0v) is 9.44. The molecule has 0 N–H and O–H groups in total. The fraction of sp³-hybridized carbons (Fsp3) is 0.333. The average molecular weight is 210 g/mol. The molecule has 1 rings (SSSR count). The summed E-state index contributed by atoms with van der Waals surface area (Å²) in [6.45, 7) is 3.58. The van der Waals surface area contributed by atoms with Gasteiger partial charge in [-0.3, -0.25) is 0 Å². The Hall–Kier alpha value is -0.760. The molecule has 0 unspecified atom stereocenters. The normalized spacial score (nSPS) is 11.1. The van der Waals surface area contributed by atoms with Crippen molar-refractivity contribution in [2.75, 3.05) is 5.75 Å². The largest absolute Gasteiger partial charge is 0.206 e. The molecule has 0 aliphatic heterocycles. The quantitative estimate of drug-likeness (QED) is 0.721. The zero-order valence-electron chi connectivity index (χ0n) is 8.55. The van der Waals surface area contributed by atoms with Gasteiger partial charge in [-0.05, 0) is 54.8 Å². The van der Waals surface area contributed by atoms with Gasteiger partial charge in [-0.15, -0.1) is 0 Å². The molecular formula is C12H15FS. The van der Waals surface area contributed by atoms with Crippen LogP contribution in [0.1, 0.15) is 23.1 Å². The van der Waals surface area contributed by atoms with Gasteiger partial charge >= 0.3 is 0 Å². The molecule has 0 atom stereocenters. The topological polar surface area (TPSA) is 0 Å². The van der Waals surface area contributed by atoms with E-state index in [1.165, 1.54) is 0 Å². The molecule has 0 radical (unpaired) electrons. The summed E-state index contributed by atoms with van der Waals surface area (Å²) in [6, 6.07) is 3.72. The summed E-state index contributed by atoms with van der Waals surface area (Å²) in [4.78, 5) is 0. The minimum absolute atomic E-state index is 0.101.